The molecule has 12 heteroatoms. The van der Waals surface area contributed by atoms with Crippen molar-refractivity contribution >= 4 is 23.2 Å². The number of nitro benzene ring substituents is 1. The summed E-state index contributed by atoms with van der Waals surface area (Å²) in [4.78, 5) is 38.1. The number of benzene rings is 1. The lowest BCUT2D eigenvalue weighted by Crippen LogP contribution is -2.31. The van der Waals surface area contributed by atoms with Crippen LogP contribution >= 0.6 is 0 Å². The van der Waals surface area contributed by atoms with Gasteiger partial charge in [0.2, 0.25) is 5.88 Å². The number of rotatable bonds is 8. The van der Waals surface area contributed by atoms with Crippen molar-refractivity contribution in [3.63, 3.8) is 0 Å². The first-order valence-corrected chi connectivity index (χ1v) is 11.0. The molecular formula is C22H26N8O4. The average Bonchev–Trinajstić information content (AvgIpc) is 3.28. The molecule has 2 aromatic heterocycles. The number of nitrogens with two attached hydrogens (primary N) is 1. The molecule has 0 spiro atoms. The molecule has 1 aromatic carbocycles. The highest BCUT2D eigenvalue weighted by Gasteiger charge is 2.21. The topological polar surface area (TPSA) is 154 Å². The number of nitrogens with one attached hydrogen (secondary N) is 1. The quantitative estimate of drug-likeness (QED) is 0.376. The molecule has 3 N–H and O–H groups in total. The lowest BCUT2D eigenvalue weighted by atomic mass is 10.1. The zero-order valence-corrected chi connectivity index (χ0v) is 19.0. The van der Waals surface area contributed by atoms with Crippen molar-refractivity contribution in [3.05, 3.63) is 58.3 Å². The van der Waals surface area contributed by atoms with Crippen molar-refractivity contribution < 1.29 is 14.5 Å². The van der Waals surface area contributed by atoms with E-state index in [0.29, 0.717) is 24.0 Å². The molecule has 178 valence electrons. The zero-order valence-electron chi connectivity index (χ0n) is 19.0. The number of hydrogen-bond donors (Lipinski definition) is 2. The number of nitrogens with zero attached hydrogens (tertiary/aromatic N) is 6. The van der Waals surface area contributed by atoms with E-state index in [1.165, 1.54) is 18.2 Å². The minimum Gasteiger partial charge on any atom is -0.437 e. The molecule has 0 radical (unpaired) electrons. The van der Waals surface area contributed by atoms with E-state index in [-0.39, 0.29) is 28.8 Å². The van der Waals surface area contributed by atoms with Gasteiger partial charge in [0.05, 0.1) is 17.3 Å². The van der Waals surface area contributed by atoms with Gasteiger partial charge in [-0.3, -0.25) is 14.9 Å². The highest BCUT2D eigenvalue weighted by atomic mass is 16.6. The smallest absolute Gasteiger partial charge is 0.273 e. The first-order valence-electron chi connectivity index (χ1n) is 11.0. The second-order valence-corrected chi connectivity index (χ2v) is 8.11. The Morgan fingerprint density at radius 3 is 2.76 bits per heavy atom. The standard InChI is InChI=1S/C22H26N8O4/c1-3-17-22(34-16-6-4-5-15(11-16)30(32)33)27-21(19(25-17)20(23)31)26-18-12-29(13-24-18)14-7-9-28(2)10-8-14/h4-6,11-14H,3,7-10H2,1-2H3,(H2,23,31)(H,26,27). The highest BCUT2D eigenvalue weighted by molar-refractivity contribution is 5.96. The van der Waals surface area contributed by atoms with Gasteiger partial charge in [0.1, 0.15) is 17.3 Å². The number of imidazole rings is 1. The van der Waals surface area contributed by atoms with E-state index in [1.807, 2.05) is 17.7 Å². The van der Waals surface area contributed by atoms with Crippen molar-refractivity contribution in [2.45, 2.75) is 32.2 Å². The number of aromatic nitrogens is 4. The molecule has 12 nitrogen and oxygen atoms in total. The van der Waals surface area contributed by atoms with Gasteiger partial charge in [-0.05, 0) is 45.5 Å². The van der Waals surface area contributed by atoms with Crippen molar-refractivity contribution in [1.82, 2.24) is 24.4 Å². The fraction of sp³-hybridized carbons (Fsp3) is 0.364. The van der Waals surface area contributed by atoms with Gasteiger partial charge in [-0.15, -0.1) is 0 Å². The molecule has 1 saturated heterocycles. The molecule has 4 rings (SSSR count). The van der Waals surface area contributed by atoms with E-state index in [1.54, 1.807) is 12.4 Å². The van der Waals surface area contributed by atoms with Crippen molar-refractivity contribution in [1.29, 1.82) is 0 Å². The number of piperidine rings is 1. The van der Waals surface area contributed by atoms with Gasteiger partial charge in [-0.1, -0.05) is 13.0 Å². The van der Waals surface area contributed by atoms with Crippen LogP contribution in [0.25, 0.3) is 0 Å². The SMILES string of the molecule is CCc1nc(C(N)=O)c(Nc2cn(C3CCN(C)CC3)cn2)nc1Oc1cccc([N+](=O)[O-])c1. The molecule has 0 atom stereocenters. The molecule has 1 aliphatic rings. The average molecular weight is 467 g/mol. The van der Waals surface area contributed by atoms with E-state index >= 15 is 0 Å². The Labute approximate surface area is 195 Å². The molecule has 3 heterocycles. The monoisotopic (exact) mass is 466 g/mol. The number of likely N-dealkylation sites (tertiary alicyclic amines) is 1. The molecule has 0 saturated carbocycles. The number of hydrogen-bond acceptors (Lipinski definition) is 9. The van der Waals surface area contributed by atoms with E-state index < -0.39 is 10.8 Å². The number of ether oxygens (including phenoxy) is 1. The Kier molecular flexibility index (Phi) is 6.68. The summed E-state index contributed by atoms with van der Waals surface area (Å²) in [5.74, 6) is 0.175. The van der Waals surface area contributed by atoms with Crippen LogP contribution in [0.2, 0.25) is 0 Å². The van der Waals surface area contributed by atoms with Crippen LogP contribution in [0.5, 0.6) is 11.6 Å². The van der Waals surface area contributed by atoms with E-state index in [9.17, 15) is 14.9 Å². The second-order valence-electron chi connectivity index (χ2n) is 8.11. The third kappa shape index (κ3) is 5.12. The number of nitro groups is 1. The normalized spacial score (nSPS) is 14.6. The molecule has 1 amide bonds. The second kappa shape index (κ2) is 9.83. The van der Waals surface area contributed by atoms with Gasteiger partial charge in [-0.2, -0.15) is 4.98 Å². The molecule has 3 aromatic rings. The lowest BCUT2D eigenvalue weighted by molar-refractivity contribution is -0.384. The maximum atomic E-state index is 12.1. The first-order chi connectivity index (χ1) is 16.3. The number of carbonyl (C=O) groups excluding carboxylic acids is 1. The van der Waals surface area contributed by atoms with E-state index in [0.717, 1.165) is 25.9 Å². The third-order valence-corrected chi connectivity index (χ3v) is 5.70. The van der Waals surface area contributed by atoms with Crippen LogP contribution in [0, 0.1) is 10.1 Å². The highest BCUT2D eigenvalue weighted by Crippen LogP contribution is 2.30. The summed E-state index contributed by atoms with van der Waals surface area (Å²) in [7, 11) is 2.11. The Morgan fingerprint density at radius 1 is 1.32 bits per heavy atom. The Morgan fingerprint density at radius 2 is 2.09 bits per heavy atom. The Balaban J connectivity index is 1.62. The number of anilines is 2. The number of non-ortho nitro benzene ring substituents is 1. The molecule has 0 aliphatic carbocycles. The Hall–Kier alpha value is -4.06. The number of carbonyl (C=O) groups is 1. The van der Waals surface area contributed by atoms with Crippen LogP contribution in [0.1, 0.15) is 42.0 Å². The number of aryl methyl sites for hydroxylation is 1. The largest absolute Gasteiger partial charge is 0.437 e. The number of primary amides is 1. The van der Waals surface area contributed by atoms with Crippen LogP contribution in [-0.2, 0) is 6.42 Å². The summed E-state index contributed by atoms with van der Waals surface area (Å²) in [6.07, 6.45) is 6.05. The van der Waals surface area contributed by atoms with Crippen LogP contribution in [-0.4, -0.2) is 55.4 Å². The maximum absolute atomic E-state index is 12.1. The van der Waals surface area contributed by atoms with Gasteiger partial charge < -0.3 is 25.3 Å². The predicted molar refractivity (Wildman–Crippen MR) is 124 cm³/mol. The molecule has 0 unspecified atom stereocenters. The van der Waals surface area contributed by atoms with Crippen LogP contribution in [0.4, 0.5) is 17.3 Å². The van der Waals surface area contributed by atoms with Gasteiger partial charge in [0.25, 0.3) is 11.6 Å². The molecule has 1 aliphatic heterocycles. The summed E-state index contributed by atoms with van der Waals surface area (Å²) >= 11 is 0. The van der Waals surface area contributed by atoms with Crippen LogP contribution in [0.3, 0.4) is 0 Å². The minimum atomic E-state index is -0.749. The van der Waals surface area contributed by atoms with Gasteiger partial charge in [0.15, 0.2) is 11.5 Å². The zero-order chi connectivity index (χ0) is 24.2. The molecule has 0 bridgehead atoms. The summed E-state index contributed by atoms with van der Waals surface area (Å²) in [6, 6.07) is 6.09. The first kappa shape index (κ1) is 23.1. The summed E-state index contributed by atoms with van der Waals surface area (Å²) in [6.45, 7) is 3.85. The fourth-order valence-corrected chi connectivity index (χ4v) is 3.81. The maximum Gasteiger partial charge on any atom is 0.273 e. The molecule has 34 heavy (non-hydrogen) atoms. The molecule has 1 fully saturated rings. The summed E-state index contributed by atoms with van der Waals surface area (Å²) in [5, 5.41) is 14.1. The van der Waals surface area contributed by atoms with Crippen molar-refractivity contribution in [2.75, 3.05) is 25.5 Å². The fourth-order valence-electron chi connectivity index (χ4n) is 3.81. The molecular weight excluding hydrogens is 440 g/mol. The van der Waals surface area contributed by atoms with Crippen molar-refractivity contribution in [3.8, 4) is 11.6 Å². The van der Waals surface area contributed by atoms with E-state index in [4.69, 9.17) is 10.5 Å². The summed E-state index contributed by atoms with van der Waals surface area (Å²) < 4.78 is 7.86. The van der Waals surface area contributed by atoms with Gasteiger partial charge in [-0.25, -0.2) is 9.97 Å². The van der Waals surface area contributed by atoms with E-state index in [2.05, 4.69) is 32.2 Å². The number of amides is 1. The minimum absolute atomic E-state index is 0.0444. The third-order valence-electron chi connectivity index (χ3n) is 5.70. The van der Waals surface area contributed by atoms with Gasteiger partial charge in [0, 0.05) is 18.3 Å². The predicted octanol–water partition coefficient (Wildman–Crippen LogP) is 3.05. The van der Waals surface area contributed by atoms with Crippen LogP contribution < -0.4 is 15.8 Å². The summed E-state index contributed by atoms with van der Waals surface area (Å²) in [5.41, 5.74) is 5.79. The van der Waals surface area contributed by atoms with Crippen LogP contribution in [0.15, 0.2) is 36.8 Å². The Bertz CT molecular complexity index is 1200. The van der Waals surface area contributed by atoms with Crippen molar-refractivity contribution in [2.24, 2.45) is 5.73 Å². The lowest BCUT2D eigenvalue weighted by Gasteiger charge is -2.29. The van der Waals surface area contributed by atoms with Gasteiger partial charge >= 0.3 is 0 Å².